The number of hydrogen-bond donors (Lipinski definition) is 2. The van der Waals surface area contributed by atoms with E-state index in [0.29, 0.717) is 16.4 Å². The van der Waals surface area contributed by atoms with Crippen molar-refractivity contribution in [2.24, 2.45) is 0 Å². The number of anilines is 2. The maximum absolute atomic E-state index is 13.0. The highest BCUT2D eigenvalue weighted by Crippen LogP contribution is 2.36. The summed E-state index contributed by atoms with van der Waals surface area (Å²) >= 11 is 6.23. The average Bonchev–Trinajstić information content (AvgIpc) is 2.60. The van der Waals surface area contributed by atoms with Crippen molar-refractivity contribution in [3.8, 4) is 0 Å². The first-order valence-electron chi connectivity index (χ1n) is 8.53. The summed E-state index contributed by atoms with van der Waals surface area (Å²) < 4.78 is 0. The zero-order valence-corrected chi connectivity index (χ0v) is 15.8. The molecule has 2 amide bonds. The molecular formula is C20H22ClN3O2. The minimum Gasteiger partial charge on any atom is -0.322 e. The molecule has 136 valence electrons. The van der Waals surface area contributed by atoms with Crippen LogP contribution in [-0.4, -0.2) is 23.9 Å². The topological polar surface area (TPSA) is 61.4 Å². The number of halogens is 1. The Kier molecular flexibility index (Phi) is 5.03. The van der Waals surface area contributed by atoms with Gasteiger partial charge in [-0.2, -0.15) is 0 Å². The lowest BCUT2D eigenvalue weighted by Gasteiger charge is -2.42. The maximum Gasteiger partial charge on any atom is 0.250 e. The van der Waals surface area contributed by atoms with Crippen LogP contribution in [0.1, 0.15) is 32.4 Å². The summed E-state index contributed by atoms with van der Waals surface area (Å²) in [6.07, 6.45) is 0. The molecular weight excluding hydrogens is 350 g/mol. The fourth-order valence-electron chi connectivity index (χ4n) is 3.15. The summed E-state index contributed by atoms with van der Waals surface area (Å²) in [7, 11) is 0. The van der Waals surface area contributed by atoms with Gasteiger partial charge in [0.15, 0.2) is 0 Å². The van der Waals surface area contributed by atoms with Gasteiger partial charge in [0, 0.05) is 11.1 Å². The van der Waals surface area contributed by atoms with E-state index in [1.165, 1.54) is 0 Å². The third-order valence-corrected chi connectivity index (χ3v) is 5.03. The lowest BCUT2D eigenvalue weighted by atomic mass is 9.96. The molecule has 2 aromatic rings. The van der Waals surface area contributed by atoms with Gasteiger partial charge in [-0.05, 0) is 44.5 Å². The number of fused-ring (bicyclic) bond motifs is 1. The first-order chi connectivity index (χ1) is 12.3. The highest BCUT2D eigenvalue weighted by molar-refractivity contribution is 6.31. The van der Waals surface area contributed by atoms with Gasteiger partial charge in [0.1, 0.15) is 5.54 Å². The van der Waals surface area contributed by atoms with E-state index < -0.39 is 5.54 Å². The van der Waals surface area contributed by atoms with Crippen molar-refractivity contribution in [2.75, 3.05) is 16.8 Å². The van der Waals surface area contributed by atoms with E-state index in [1.54, 1.807) is 24.8 Å². The Hall–Kier alpha value is -2.37. The molecule has 2 N–H and O–H groups in total. The molecule has 3 rings (SSSR count). The minimum absolute atomic E-state index is 0.0929. The molecule has 0 aromatic heterocycles. The van der Waals surface area contributed by atoms with Gasteiger partial charge in [-0.1, -0.05) is 41.9 Å². The molecule has 1 aliphatic heterocycles. The second-order valence-electron chi connectivity index (χ2n) is 6.88. The van der Waals surface area contributed by atoms with Crippen molar-refractivity contribution < 1.29 is 9.59 Å². The van der Waals surface area contributed by atoms with Gasteiger partial charge in [0.25, 0.3) is 0 Å². The molecule has 1 aliphatic rings. The van der Waals surface area contributed by atoms with E-state index in [1.807, 2.05) is 49.4 Å². The molecule has 26 heavy (non-hydrogen) atoms. The molecule has 0 saturated carbocycles. The fourth-order valence-corrected chi connectivity index (χ4v) is 3.45. The van der Waals surface area contributed by atoms with E-state index in [-0.39, 0.29) is 24.4 Å². The number of nitrogens with one attached hydrogen (secondary N) is 2. The molecule has 0 spiro atoms. The van der Waals surface area contributed by atoms with Gasteiger partial charge in [-0.25, -0.2) is 0 Å². The number of rotatable bonds is 4. The SMILES string of the molecule is C[C@H](NCC(=O)N1c2ccccc2NC(=O)C1(C)C)c1ccccc1Cl. The van der Waals surface area contributed by atoms with Gasteiger partial charge in [-0.15, -0.1) is 0 Å². The van der Waals surface area contributed by atoms with Crippen molar-refractivity contribution in [2.45, 2.75) is 32.4 Å². The monoisotopic (exact) mass is 371 g/mol. The number of nitrogens with zero attached hydrogens (tertiary/aromatic N) is 1. The Balaban J connectivity index is 1.80. The van der Waals surface area contributed by atoms with Crippen molar-refractivity contribution in [3.63, 3.8) is 0 Å². The van der Waals surface area contributed by atoms with Crippen LogP contribution in [-0.2, 0) is 9.59 Å². The quantitative estimate of drug-likeness (QED) is 0.860. The van der Waals surface area contributed by atoms with Gasteiger partial charge in [0.2, 0.25) is 11.8 Å². The average molecular weight is 372 g/mol. The van der Waals surface area contributed by atoms with Gasteiger partial charge < -0.3 is 10.6 Å². The third kappa shape index (κ3) is 3.32. The summed E-state index contributed by atoms with van der Waals surface area (Å²) in [4.78, 5) is 27.0. The molecule has 0 radical (unpaired) electrons. The zero-order chi connectivity index (χ0) is 18.9. The van der Waals surface area contributed by atoms with Crippen LogP contribution in [0.2, 0.25) is 5.02 Å². The highest BCUT2D eigenvalue weighted by Gasteiger charge is 2.43. The summed E-state index contributed by atoms with van der Waals surface area (Å²) in [6, 6.07) is 14.8. The standard InChI is InChI=1S/C20H22ClN3O2/c1-13(14-8-4-5-9-15(14)21)22-12-18(25)24-17-11-7-6-10-16(17)23-19(26)20(24,2)3/h4-11,13,22H,12H2,1-3H3,(H,23,26)/t13-/m0/s1. The lowest BCUT2D eigenvalue weighted by Crippen LogP contribution is -2.60. The second-order valence-corrected chi connectivity index (χ2v) is 7.29. The van der Waals surface area contributed by atoms with Crippen LogP contribution in [0.4, 0.5) is 11.4 Å². The first-order valence-corrected chi connectivity index (χ1v) is 8.91. The number of carbonyl (C=O) groups is 2. The predicted octanol–water partition coefficient (Wildman–Crippen LogP) is 3.75. The van der Waals surface area contributed by atoms with E-state index in [9.17, 15) is 9.59 Å². The first kappa shape index (κ1) is 18.4. The second kappa shape index (κ2) is 7.09. The molecule has 1 atom stereocenters. The highest BCUT2D eigenvalue weighted by atomic mass is 35.5. The molecule has 0 bridgehead atoms. The van der Waals surface area contributed by atoms with Crippen molar-refractivity contribution in [1.29, 1.82) is 0 Å². The van der Waals surface area contributed by atoms with E-state index >= 15 is 0 Å². The number of benzene rings is 2. The van der Waals surface area contributed by atoms with E-state index in [2.05, 4.69) is 10.6 Å². The molecule has 0 fully saturated rings. The van der Waals surface area contributed by atoms with Crippen LogP contribution in [0.25, 0.3) is 0 Å². The van der Waals surface area contributed by atoms with Crippen LogP contribution in [0.15, 0.2) is 48.5 Å². The molecule has 6 heteroatoms. The number of carbonyl (C=O) groups excluding carboxylic acids is 2. The van der Waals surface area contributed by atoms with Crippen LogP contribution < -0.4 is 15.5 Å². The Morgan fingerprint density at radius 3 is 2.58 bits per heavy atom. The normalized spacial score (nSPS) is 16.6. The summed E-state index contributed by atoms with van der Waals surface area (Å²) in [5.74, 6) is -0.375. The maximum atomic E-state index is 13.0. The molecule has 1 heterocycles. The number of para-hydroxylation sites is 2. The van der Waals surface area contributed by atoms with Gasteiger partial charge in [-0.3, -0.25) is 14.5 Å². The Bertz CT molecular complexity index is 850. The van der Waals surface area contributed by atoms with Crippen LogP contribution in [0, 0.1) is 0 Å². The van der Waals surface area contributed by atoms with Gasteiger partial charge >= 0.3 is 0 Å². The summed E-state index contributed by atoms with van der Waals surface area (Å²) in [6.45, 7) is 5.54. The van der Waals surface area contributed by atoms with Gasteiger partial charge in [0.05, 0.1) is 17.9 Å². The van der Waals surface area contributed by atoms with E-state index in [4.69, 9.17) is 11.6 Å². The van der Waals surface area contributed by atoms with E-state index in [0.717, 1.165) is 5.56 Å². The largest absolute Gasteiger partial charge is 0.322 e. The van der Waals surface area contributed by atoms with Crippen molar-refractivity contribution in [1.82, 2.24) is 5.32 Å². The molecule has 2 aromatic carbocycles. The van der Waals surface area contributed by atoms with Crippen molar-refractivity contribution in [3.05, 3.63) is 59.1 Å². The smallest absolute Gasteiger partial charge is 0.250 e. The van der Waals surface area contributed by atoms with Crippen LogP contribution in [0.3, 0.4) is 0 Å². The summed E-state index contributed by atoms with van der Waals surface area (Å²) in [5.41, 5.74) is 1.30. The lowest BCUT2D eigenvalue weighted by molar-refractivity contribution is -0.126. The Labute approximate surface area is 158 Å². The molecule has 0 aliphatic carbocycles. The molecule has 5 nitrogen and oxygen atoms in total. The van der Waals surface area contributed by atoms with Crippen LogP contribution in [0.5, 0.6) is 0 Å². The predicted molar refractivity (Wildman–Crippen MR) is 105 cm³/mol. The zero-order valence-electron chi connectivity index (χ0n) is 15.0. The fraction of sp³-hybridized carbons (Fsp3) is 0.300. The Morgan fingerprint density at radius 2 is 1.85 bits per heavy atom. The summed E-state index contributed by atoms with van der Waals surface area (Å²) in [5, 5.41) is 6.73. The van der Waals surface area contributed by atoms with Crippen molar-refractivity contribution >= 4 is 34.8 Å². The number of hydrogen-bond acceptors (Lipinski definition) is 3. The Morgan fingerprint density at radius 1 is 1.19 bits per heavy atom. The molecule has 0 saturated heterocycles. The van der Waals surface area contributed by atoms with Crippen LogP contribution >= 0.6 is 11.6 Å². The minimum atomic E-state index is -0.971. The molecule has 0 unspecified atom stereocenters. The third-order valence-electron chi connectivity index (χ3n) is 4.69. The number of amides is 2.